The van der Waals surface area contributed by atoms with Crippen molar-refractivity contribution < 1.29 is 9.13 Å². The van der Waals surface area contributed by atoms with E-state index in [1.807, 2.05) is 12.1 Å². The molecule has 0 radical (unpaired) electrons. The van der Waals surface area contributed by atoms with Crippen LogP contribution in [-0.4, -0.2) is 19.7 Å². The first kappa shape index (κ1) is 11.6. The van der Waals surface area contributed by atoms with Crippen molar-refractivity contribution >= 4 is 0 Å². The van der Waals surface area contributed by atoms with Crippen LogP contribution in [0.25, 0.3) is 0 Å². The molecule has 1 aromatic rings. The van der Waals surface area contributed by atoms with Gasteiger partial charge in [-0.05, 0) is 31.4 Å². The minimum Gasteiger partial charge on any atom is -0.380 e. The molecule has 16 heavy (non-hydrogen) atoms. The van der Waals surface area contributed by atoms with Gasteiger partial charge in [0, 0.05) is 18.7 Å². The van der Waals surface area contributed by atoms with Crippen LogP contribution < -0.4 is 5.32 Å². The quantitative estimate of drug-likeness (QED) is 0.845. The molecule has 88 valence electrons. The van der Waals surface area contributed by atoms with Crippen LogP contribution in [0.4, 0.5) is 4.39 Å². The molecule has 0 aromatic heterocycles. The molecule has 2 rings (SSSR count). The van der Waals surface area contributed by atoms with Gasteiger partial charge in [-0.25, -0.2) is 4.39 Å². The van der Waals surface area contributed by atoms with E-state index in [2.05, 4.69) is 5.32 Å². The molecule has 1 atom stereocenters. The SMILES string of the molecule is COCc1cccc(CC2CCCN2)c1F. The normalized spacial score (nSPS) is 20.2. The fourth-order valence-corrected chi connectivity index (χ4v) is 2.25. The van der Waals surface area contributed by atoms with E-state index in [-0.39, 0.29) is 5.82 Å². The van der Waals surface area contributed by atoms with Crippen LogP contribution >= 0.6 is 0 Å². The highest BCUT2D eigenvalue weighted by molar-refractivity contribution is 5.26. The van der Waals surface area contributed by atoms with Crippen LogP contribution in [0.1, 0.15) is 24.0 Å². The van der Waals surface area contributed by atoms with Crippen molar-refractivity contribution in [2.24, 2.45) is 0 Å². The summed E-state index contributed by atoms with van der Waals surface area (Å²) in [5.41, 5.74) is 1.45. The van der Waals surface area contributed by atoms with E-state index < -0.39 is 0 Å². The Labute approximate surface area is 95.8 Å². The van der Waals surface area contributed by atoms with Gasteiger partial charge in [-0.3, -0.25) is 0 Å². The van der Waals surface area contributed by atoms with E-state index in [0.717, 1.165) is 24.9 Å². The van der Waals surface area contributed by atoms with Gasteiger partial charge in [-0.15, -0.1) is 0 Å². The summed E-state index contributed by atoms with van der Waals surface area (Å²) in [6.07, 6.45) is 3.13. The third kappa shape index (κ3) is 2.60. The van der Waals surface area contributed by atoms with Crippen LogP contribution in [0.5, 0.6) is 0 Å². The van der Waals surface area contributed by atoms with Crippen LogP contribution in [0.2, 0.25) is 0 Å². The van der Waals surface area contributed by atoms with E-state index in [9.17, 15) is 4.39 Å². The molecule has 1 heterocycles. The lowest BCUT2D eigenvalue weighted by Gasteiger charge is -2.12. The first-order valence-corrected chi connectivity index (χ1v) is 5.80. The molecule has 3 heteroatoms. The van der Waals surface area contributed by atoms with Crippen molar-refractivity contribution in [3.8, 4) is 0 Å². The number of halogens is 1. The zero-order valence-corrected chi connectivity index (χ0v) is 9.63. The molecule has 2 nitrogen and oxygen atoms in total. The summed E-state index contributed by atoms with van der Waals surface area (Å²) in [6.45, 7) is 1.40. The van der Waals surface area contributed by atoms with Crippen LogP contribution in [0.15, 0.2) is 18.2 Å². The topological polar surface area (TPSA) is 21.3 Å². The molecule has 1 N–H and O–H groups in total. The Bertz CT molecular complexity index is 348. The van der Waals surface area contributed by atoms with Crippen LogP contribution in [-0.2, 0) is 17.8 Å². The zero-order chi connectivity index (χ0) is 11.4. The molecule has 0 aliphatic carbocycles. The third-order valence-corrected chi connectivity index (χ3v) is 3.09. The second-order valence-electron chi connectivity index (χ2n) is 4.32. The van der Waals surface area contributed by atoms with E-state index in [1.54, 1.807) is 13.2 Å². The van der Waals surface area contributed by atoms with Gasteiger partial charge >= 0.3 is 0 Å². The maximum Gasteiger partial charge on any atom is 0.131 e. The highest BCUT2D eigenvalue weighted by Crippen LogP contribution is 2.18. The summed E-state index contributed by atoms with van der Waals surface area (Å²) in [5, 5.41) is 3.39. The van der Waals surface area contributed by atoms with E-state index in [4.69, 9.17) is 4.74 Å². The van der Waals surface area contributed by atoms with Gasteiger partial charge < -0.3 is 10.1 Å². The molecule has 0 spiro atoms. The number of rotatable bonds is 4. The summed E-state index contributed by atoms with van der Waals surface area (Å²) < 4.78 is 19.0. The van der Waals surface area contributed by atoms with Gasteiger partial charge in [0.2, 0.25) is 0 Å². The maximum absolute atomic E-state index is 14.0. The molecule has 1 aliphatic heterocycles. The van der Waals surface area contributed by atoms with Gasteiger partial charge in [0.05, 0.1) is 6.61 Å². The minimum atomic E-state index is -0.0990. The first-order chi connectivity index (χ1) is 7.81. The second-order valence-corrected chi connectivity index (χ2v) is 4.32. The molecule has 0 saturated carbocycles. The molecule has 1 saturated heterocycles. The third-order valence-electron chi connectivity index (χ3n) is 3.09. The minimum absolute atomic E-state index is 0.0990. The van der Waals surface area contributed by atoms with E-state index in [0.29, 0.717) is 18.2 Å². The summed E-state index contributed by atoms with van der Waals surface area (Å²) in [6, 6.07) is 5.99. The van der Waals surface area contributed by atoms with Crippen molar-refractivity contribution in [1.82, 2.24) is 5.32 Å². The van der Waals surface area contributed by atoms with Crippen molar-refractivity contribution in [1.29, 1.82) is 0 Å². The number of ether oxygens (including phenoxy) is 1. The largest absolute Gasteiger partial charge is 0.380 e. The Kier molecular flexibility index (Phi) is 3.91. The van der Waals surface area contributed by atoms with E-state index in [1.165, 1.54) is 6.42 Å². The Hall–Kier alpha value is -0.930. The summed E-state index contributed by atoms with van der Waals surface area (Å²) in [7, 11) is 1.59. The lowest BCUT2D eigenvalue weighted by atomic mass is 10.0. The Balaban J connectivity index is 2.10. The average Bonchev–Trinajstić information content (AvgIpc) is 2.77. The van der Waals surface area contributed by atoms with Crippen molar-refractivity contribution in [2.75, 3.05) is 13.7 Å². The van der Waals surface area contributed by atoms with Gasteiger partial charge in [-0.2, -0.15) is 0 Å². The Morgan fingerprint density at radius 2 is 2.25 bits per heavy atom. The number of methoxy groups -OCH3 is 1. The second kappa shape index (κ2) is 5.41. The fraction of sp³-hybridized carbons (Fsp3) is 0.538. The lowest BCUT2D eigenvalue weighted by molar-refractivity contribution is 0.181. The number of benzene rings is 1. The van der Waals surface area contributed by atoms with Crippen molar-refractivity contribution in [2.45, 2.75) is 31.9 Å². The molecular formula is C13H18FNO. The monoisotopic (exact) mass is 223 g/mol. The Morgan fingerprint density at radius 3 is 2.94 bits per heavy atom. The molecule has 1 aromatic carbocycles. The molecule has 0 amide bonds. The van der Waals surface area contributed by atoms with Gasteiger partial charge in [-0.1, -0.05) is 18.2 Å². The summed E-state index contributed by atoms with van der Waals surface area (Å²) in [4.78, 5) is 0. The molecule has 1 aliphatic rings. The van der Waals surface area contributed by atoms with Gasteiger partial charge in [0.25, 0.3) is 0 Å². The van der Waals surface area contributed by atoms with E-state index >= 15 is 0 Å². The lowest BCUT2D eigenvalue weighted by Crippen LogP contribution is -2.24. The average molecular weight is 223 g/mol. The van der Waals surface area contributed by atoms with Gasteiger partial charge in [0.1, 0.15) is 5.82 Å². The number of nitrogens with one attached hydrogen (secondary N) is 1. The van der Waals surface area contributed by atoms with Crippen molar-refractivity contribution in [3.05, 3.63) is 35.1 Å². The summed E-state index contributed by atoms with van der Waals surface area (Å²) in [5.74, 6) is -0.0990. The van der Waals surface area contributed by atoms with Crippen molar-refractivity contribution in [3.63, 3.8) is 0 Å². The number of hydrogen-bond donors (Lipinski definition) is 1. The van der Waals surface area contributed by atoms with Crippen LogP contribution in [0.3, 0.4) is 0 Å². The standard InChI is InChI=1S/C13H18FNO/c1-16-9-11-5-2-4-10(13(11)14)8-12-6-3-7-15-12/h2,4-5,12,15H,3,6-9H2,1H3. The highest BCUT2D eigenvalue weighted by atomic mass is 19.1. The van der Waals surface area contributed by atoms with Crippen LogP contribution in [0, 0.1) is 5.82 Å². The smallest absolute Gasteiger partial charge is 0.131 e. The number of hydrogen-bond acceptors (Lipinski definition) is 2. The fourth-order valence-electron chi connectivity index (χ4n) is 2.25. The predicted molar refractivity (Wildman–Crippen MR) is 61.8 cm³/mol. The van der Waals surface area contributed by atoms with Gasteiger partial charge in [0.15, 0.2) is 0 Å². The molecular weight excluding hydrogens is 205 g/mol. The molecule has 1 unspecified atom stereocenters. The predicted octanol–water partition coefficient (Wildman–Crippen LogP) is 2.27. The molecule has 1 fully saturated rings. The molecule has 0 bridgehead atoms. The zero-order valence-electron chi connectivity index (χ0n) is 9.63. The maximum atomic E-state index is 14.0. The summed E-state index contributed by atoms with van der Waals surface area (Å²) >= 11 is 0. The Morgan fingerprint density at radius 1 is 1.44 bits per heavy atom. The first-order valence-electron chi connectivity index (χ1n) is 5.80. The highest BCUT2D eigenvalue weighted by Gasteiger charge is 2.17.